The molecule has 2 aromatic carbocycles. The van der Waals surface area contributed by atoms with E-state index in [2.05, 4.69) is 18.2 Å². The zero-order chi connectivity index (χ0) is 15.4. The Balaban J connectivity index is 1.74. The van der Waals surface area contributed by atoms with E-state index in [-0.39, 0.29) is 11.9 Å². The third-order valence-corrected chi connectivity index (χ3v) is 4.21. The van der Waals surface area contributed by atoms with E-state index in [0.717, 1.165) is 25.8 Å². The fraction of sp³-hybridized carbons (Fsp3) is 0.263. The zero-order valence-electron chi connectivity index (χ0n) is 12.4. The van der Waals surface area contributed by atoms with Gasteiger partial charge in [-0.15, -0.1) is 0 Å². The monoisotopic (exact) mass is 290 g/mol. The molecule has 22 heavy (non-hydrogen) atoms. The number of nitriles is 1. The van der Waals surface area contributed by atoms with Crippen molar-refractivity contribution in [2.24, 2.45) is 0 Å². The summed E-state index contributed by atoms with van der Waals surface area (Å²) in [7, 11) is 0. The SMILES string of the molecule is N#Cc1ccc(C(=O)N2CCCC2Cc2ccccc2)cc1. The molecular formula is C19H18N2O. The number of nitrogens with zero attached hydrogens (tertiary/aromatic N) is 2. The summed E-state index contributed by atoms with van der Waals surface area (Å²) in [6.07, 6.45) is 3.01. The summed E-state index contributed by atoms with van der Waals surface area (Å²) >= 11 is 0. The summed E-state index contributed by atoms with van der Waals surface area (Å²) in [4.78, 5) is 14.7. The molecule has 3 heteroatoms. The molecule has 1 aliphatic rings. The molecule has 0 bridgehead atoms. The van der Waals surface area contributed by atoms with Crippen LogP contribution >= 0.6 is 0 Å². The molecular weight excluding hydrogens is 272 g/mol. The van der Waals surface area contributed by atoms with Crippen molar-refractivity contribution in [3.05, 3.63) is 71.3 Å². The number of benzene rings is 2. The summed E-state index contributed by atoms with van der Waals surface area (Å²) < 4.78 is 0. The van der Waals surface area contributed by atoms with Crippen LogP contribution in [0.4, 0.5) is 0 Å². The normalized spacial score (nSPS) is 17.2. The van der Waals surface area contributed by atoms with Gasteiger partial charge < -0.3 is 4.90 Å². The predicted octanol–water partition coefficient (Wildman–Crippen LogP) is 3.41. The molecule has 0 spiro atoms. The number of amides is 1. The minimum Gasteiger partial charge on any atom is -0.335 e. The fourth-order valence-electron chi connectivity index (χ4n) is 3.05. The Morgan fingerprint density at radius 1 is 1.14 bits per heavy atom. The Kier molecular flexibility index (Phi) is 4.20. The minimum absolute atomic E-state index is 0.0721. The van der Waals surface area contributed by atoms with Gasteiger partial charge in [0.2, 0.25) is 0 Å². The quantitative estimate of drug-likeness (QED) is 0.869. The summed E-state index contributed by atoms with van der Waals surface area (Å²) in [6, 6.07) is 19.6. The highest BCUT2D eigenvalue weighted by molar-refractivity contribution is 5.94. The van der Waals surface area contributed by atoms with Gasteiger partial charge in [0.25, 0.3) is 5.91 Å². The van der Waals surface area contributed by atoms with Crippen LogP contribution in [0.15, 0.2) is 54.6 Å². The van der Waals surface area contributed by atoms with E-state index >= 15 is 0 Å². The van der Waals surface area contributed by atoms with Crippen molar-refractivity contribution >= 4 is 5.91 Å². The van der Waals surface area contributed by atoms with E-state index in [0.29, 0.717) is 11.1 Å². The summed E-state index contributed by atoms with van der Waals surface area (Å²) in [5.74, 6) is 0.0721. The number of hydrogen-bond donors (Lipinski definition) is 0. The van der Waals surface area contributed by atoms with Crippen molar-refractivity contribution < 1.29 is 4.79 Å². The molecule has 2 aromatic rings. The molecule has 1 heterocycles. The smallest absolute Gasteiger partial charge is 0.254 e. The summed E-state index contributed by atoms with van der Waals surface area (Å²) in [5, 5.41) is 8.84. The van der Waals surface area contributed by atoms with E-state index in [4.69, 9.17) is 5.26 Å². The van der Waals surface area contributed by atoms with Crippen molar-refractivity contribution in [3.8, 4) is 6.07 Å². The number of carbonyl (C=O) groups excluding carboxylic acids is 1. The molecule has 0 saturated carbocycles. The molecule has 0 N–H and O–H groups in total. The second-order valence-electron chi connectivity index (χ2n) is 5.67. The second-order valence-corrected chi connectivity index (χ2v) is 5.67. The Bertz CT molecular complexity index is 686. The first-order valence-electron chi connectivity index (χ1n) is 7.63. The van der Waals surface area contributed by atoms with Gasteiger partial charge in [0.15, 0.2) is 0 Å². The topological polar surface area (TPSA) is 44.1 Å². The number of carbonyl (C=O) groups is 1. The van der Waals surface area contributed by atoms with Crippen LogP contribution in [0, 0.1) is 11.3 Å². The van der Waals surface area contributed by atoms with E-state index < -0.39 is 0 Å². The van der Waals surface area contributed by atoms with Gasteiger partial charge in [-0.05, 0) is 49.1 Å². The Morgan fingerprint density at radius 2 is 1.86 bits per heavy atom. The van der Waals surface area contributed by atoms with Gasteiger partial charge in [-0.2, -0.15) is 5.26 Å². The van der Waals surface area contributed by atoms with Crippen LogP contribution in [0.2, 0.25) is 0 Å². The zero-order valence-corrected chi connectivity index (χ0v) is 12.4. The third kappa shape index (κ3) is 3.01. The first-order valence-corrected chi connectivity index (χ1v) is 7.63. The van der Waals surface area contributed by atoms with Gasteiger partial charge in [-0.1, -0.05) is 30.3 Å². The lowest BCUT2D eigenvalue weighted by atomic mass is 10.0. The average molecular weight is 290 g/mol. The van der Waals surface area contributed by atoms with Gasteiger partial charge in [0.05, 0.1) is 11.6 Å². The lowest BCUT2D eigenvalue weighted by molar-refractivity contribution is 0.0736. The molecule has 3 rings (SSSR count). The molecule has 0 aliphatic carbocycles. The van der Waals surface area contributed by atoms with Gasteiger partial charge in [0.1, 0.15) is 0 Å². The van der Waals surface area contributed by atoms with Crippen molar-refractivity contribution in [3.63, 3.8) is 0 Å². The molecule has 1 aliphatic heterocycles. The van der Waals surface area contributed by atoms with Crippen LogP contribution in [0.1, 0.15) is 34.3 Å². The van der Waals surface area contributed by atoms with Crippen molar-refractivity contribution in [1.82, 2.24) is 4.90 Å². The number of hydrogen-bond acceptors (Lipinski definition) is 2. The lowest BCUT2D eigenvalue weighted by Crippen LogP contribution is -2.36. The summed E-state index contributed by atoms with van der Waals surface area (Å²) in [5.41, 5.74) is 2.52. The van der Waals surface area contributed by atoms with Crippen LogP contribution < -0.4 is 0 Å². The highest BCUT2D eigenvalue weighted by Crippen LogP contribution is 2.23. The molecule has 1 amide bonds. The van der Waals surface area contributed by atoms with Crippen molar-refractivity contribution in [1.29, 1.82) is 5.26 Å². The molecule has 1 fully saturated rings. The van der Waals surface area contributed by atoms with Crippen molar-refractivity contribution in [2.75, 3.05) is 6.54 Å². The molecule has 1 saturated heterocycles. The van der Waals surface area contributed by atoms with Crippen LogP contribution in [-0.2, 0) is 6.42 Å². The fourth-order valence-corrected chi connectivity index (χ4v) is 3.05. The van der Waals surface area contributed by atoms with E-state index in [1.54, 1.807) is 24.3 Å². The van der Waals surface area contributed by atoms with Gasteiger partial charge in [0, 0.05) is 18.2 Å². The van der Waals surface area contributed by atoms with Crippen LogP contribution in [0.3, 0.4) is 0 Å². The Morgan fingerprint density at radius 3 is 2.55 bits per heavy atom. The Labute approximate surface area is 130 Å². The van der Waals surface area contributed by atoms with Crippen LogP contribution in [0.5, 0.6) is 0 Å². The average Bonchev–Trinajstić information content (AvgIpc) is 3.03. The highest BCUT2D eigenvalue weighted by atomic mass is 16.2. The molecule has 0 aromatic heterocycles. The second kappa shape index (κ2) is 6.44. The molecule has 1 unspecified atom stereocenters. The first kappa shape index (κ1) is 14.3. The third-order valence-electron chi connectivity index (χ3n) is 4.21. The molecule has 1 atom stereocenters. The van der Waals surface area contributed by atoms with Crippen LogP contribution in [0.25, 0.3) is 0 Å². The van der Waals surface area contributed by atoms with Gasteiger partial charge in [-0.25, -0.2) is 0 Å². The lowest BCUT2D eigenvalue weighted by Gasteiger charge is -2.25. The first-order chi connectivity index (χ1) is 10.8. The van der Waals surface area contributed by atoms with E-state index in [1.165, 1.54) is 5.56 Å². The van der Waals surface area contributed by atoms with E-state index in [9.17, 15) is 4.79 Å². The molecule has 110 valence electrons. The number of likely N-dealkylation sites (tertiary alicyclic amines) is 1. The largest absolute Gasteiger partial charge is 0.335 e. The maximum atomic E-state index is 12.7. The van der Waals surface area contributed by atoms with Gasteiger partial charge in [-0.3, -0.25) is 4.79 Å². The Hall–Kier alpha value is -2.60. The highest BCUT2D eigenvalue weighted by Gasteiger charge is 2.29. The number of rotatable bonds is 3. The summed E-state index contributed by atoms with van der Waals surface area (Å²) in [6.45, 7) is 0.816. The van der Waals surface area contributed by atoms with Crippen LogP contribution in [-0.4, -0.2) is 23.4 Å². The standard InChI is InChI=1S/C19H18N2O/c20-14-16-8-10-17(11-9-16)19(22)21-12-4-7-18(21)13-15-5-2-1-3-6-15/h1-3,5-6,8-11,18H,4,7,12-13H2. The maximum absolute atomic E-state index is 12.7. The predicted molar refractivity (Wildman–Crippen MR) is 85.4 cm³/mol. The van der Waals surface area contributed by atoms with E-state index in [1.807, 2.05) is 23.1 Å². The minimum atomic E-state index is 0.0721. The maximum Gasteiger partial charge on any atom is 0.254 e. The molecule has 0 radical (unpaired) electrons. The van der Waals surface area contributed by atoms with Gasteiger partial charge >= 0.3 is 0 Å². The van der Waals surface area contributed by atoms with Crippen molar-refractivity contribution in [2.45, 2.75) is 25.3 Å². The molecule has 3 nitrogen and oxygen atoms in total.